The van der Waals surface area contributed by atoms with Crippen LogP contribution in [-0.2, 0) is 16.4 Å². The van der Waals surface area contributed by atoms with Gasteiger partial charge in [0.15, 0.2) is 0 Å². The lowest BCUT2D eigenvalue weighted by Crippen LogP contribution is -2.37. The number of hydrogen-bond acceptors (Lipinski definition) is 4. The molecule has 6 heteroatoms. The molecule has 17 heavy (non-hydrogen) atoms. The Balaban J connectivity index is 1.84. The summed E-state index contributed by atoms with van der Waals surface area (Å²) >= 11 is 3.32. The standard InChI is InChI=1S/C11H15BrN2O2S/c12-11-3-1-2-10(14-11)8-13-9-4-6-17(15,16)7-5-9/h1-3,9,13H,4-8H2. The van der Waals surface area contributed by atoms with E-state index in [0.29, 0.717) is 36.9 Å². The van der Waals surface area contributed by atoms with Crippen LogP contribution in [0.4, 0.5) is 0 Å². The van der Waals surface area contributed by atoms with E-state index in [-0.39, 0.29) is 0 Å². The Morgan fingerprint density at radius 2 is 2.06 bits per heavy atom. The third-order valence-corrected chi connectivity index (χ3v) is 5.06. The first-order valence-corrected chi connectivity index (χ1v) is 8.22. The minimum absolute atomic E-state index is 0.291. The van der Waals surface area contributed by atoms with Crippen LogP contribution in [0.25, 0.3) is 0 Å². The van der Waals surface area contributed by atoms with E-state index in [4.69, 9.17) is 0 Å². The SMILES string of the molecule is O=S1(=O)CCC(NCc2cccc(Br)n2)CC1. The lowest BCUT2D eigenvalue weighted by Gasteiger charge is -2.22. The Hall–Kier alpha value is -0.460. The van der Waals surface area contributed by atoms with Gasteiger partial charge in [0.25, 0.3) is 0 Å². The molecule has 1 aliphatic heterocycles. The average Bonchev–Trinajstić information content (AvgIpc) is 2.28. The average molecular weight is 319 g/mol. The summed E-state index contributed by atoms with van der Waals surface area (Å²) < 4.78 is 23.4. The lowest BCUT2D eigenvalue weighted by molar-refractivity contribution is 0.460. The van der Waals surface area contributed by atoms with Crippen molar-refractivity contribution in [1.82, 2.24) is 10.3 Å². The molecule has 0 spiro atoms. The number of pyridine rings is 1. The van der Waals surface area contributed by atoms with E-state index in [9.17, 15) is 8.42 Å². The topological polar surface area (TPSA) is 59.1 Å². The molecule has 0 radical (unpaired) electrons. The summed E-state index contributed by atoms with van der Waals surface area (Å²) in [7, 11) is -2.77. The molecule has 94 valence electrons. The van der Waals surface area contributed by atoms with Gasteiger partial charge in [-0.2, -0.15) is 0 Å². The van der Waals surface area contributed by atoms with Crippen LogP contribution < -0.4 is 5.32 Å². The predicted octanol–water partition coefficient (Wildman–Crippen LogP) is 1.51. The van der Waals surface area contributed by atoms with Crippen LogP contribution in [0.1, 0.15) is 18.5 Å². The van der Waals surface area contributed by atoms with Crippen LogP contribution >= 0.6 is 15.9 Å². The Morgan fingerprint density at radius 3 is 2.71 bits per heavy atom. The maximum absolute atomic E-state index is 11.3. The Morgan fingerprint density at radius 1 is 1.35 bits per heavy atom. The van der Waals surface area contributed by atoms with Crippen LogP contribution in [0, 0.1) is 0 Å². The molecule has 1 saturated heterocycles. The van der Waals surface area contributed by atoms with E-state index >= 15 is 0 Å². The van der Waals surface area contributed by atoms with E-state index in [1.807, 2.05) is 18.2 Å². The molecule has 0 aromatic carbocycles. The van der Waals surface area contributed by atoms with Gasteiger partial charge >= 0.3 is 0 Å². The van der Waals surface area contributed by atoms with Crippen molar-refractivity contribution >= 4 is 25.8 Å². The van der Waals surface area contributed by atoms with Crippen molar-refractivity contribution in [2.75, 3.05) is 11.5 Å². The molecule has 1 fully saturated rings. The van der Waals surface area contributed by atoms with Crippen LogP contribution in [0.5, 0.6) is 0 Å². The van der Waals surface area contributed by atoms with Gasteiger partial charge in [-0.05, 0) is 40.9 Å². The largest absolute Gasteiger partial charge is 0.308 e. The summed E-state index contributed by atoms with van der Waals surface area (Å²) in [5.74, 6) is 0.604. The number of hydrogen-bond donors (Lipinski definition) is 1. The van der Waals surface area contributed by atoms with Crippen molar-refractivity contribution in [2.45, 2.75) is 25.4 Å². The summed E-state index contributed by atoms with van der Waals surface area (Å²) in [4.78, 5) is 4.32. The van der Waals surface area contributed by atoms with Gasteiger partial charge < -0.3 is 5.32 Å². The second kappa shape index (κ2) is 5.46. The maximum atomic E-state index is 11.3. The fraction of sp³-hybridized carbons (Fsp3) is 0.545. The first-order chi connectivity index (χ1) is 8.05. The van der Waals surface area contributed by atoms with E-state index in [1.165, 1.54) is 0 Å². The monoisotopic (exact) mass is 318 g/mol. The number of sulfone groups is 1. The van der Waals surface area contributed by atoms with Gasteiger partial charge in [-0.1, -0.05) is 6.07 Å². The molecule has 4 nitrogen and oxygen atoms in total. The second-order valence-electron chi connectivity index (χ2n) is 4.26. The third kappa shape index (κ3) is 4.04. The molecule has 1 aromatic heterocycles. The molecule has 0 bridgehead atoms. The van der Waals surface area contributed by atoms with E-state index < -0.39 is 9.84 Å². The van der Waals surface area contributed by atoms with Crippen molar-refractivity contribution in [1.29, 1.82) is 0 Å². The van der Waals surface area contributed by atoms with Gasteiger partial charge in [-0.3, -0.25) is 0 Å². The fourth-order valence-corrected chi connectivity index (χ4v) is 3.76. The Kier molecular flexibility index (Phi) is 4.17. The van der Waals surface area contributed by atoms with Crippen LogP contribution in [0.15, 0.2) is 22.8 Å². The highest BCUT2D eigenvalue weighted by Gasteiger charge is 2.22. The molecule has 0 saturated carbocycles. The quantitative estimate of drug-likeness (QED) is 0.858. The summed E-state index contributed by atoms with van der Waals surface area (Å²) in [6.45, 7) is 0.685. The summed E-state index contributed by atoms with van der Waals surface area (Å²) in [6.07, 6.45) is 1.41. The number of aromatic nitrogens is 1. The van der Waals surface area contributed by atoms with Crippen molar-refractivity contribution in [3.63, 3.8) is 0 Å². The third-order valence-electron chi connectivity index (χ3n) is 2.90. The summed E-state index contributed by atoms with van der Waals surface area (Å²) in [5.41, 5.74) is 0.966. The molecule has 0 atom stereocenters. The molecular formula is C11H15BrN2O2S. The molecule has 0 unspecified atom stereocenters. The number of nitrogens with one attached hydrogen (secondary N) is 1. The zero-order chi connectivity index (χ0) is 12.3. The van der Waals surface area contributed by atoms with Gasteiger partial charge in [-0.15, -0.1) is 0 Å². The van der Waals surface area contributed by atoms with Crippen molar-refractivity contribution in [3.8, 4) is 0 Å². The van der Waals surface area contributed by atoms with E-state index in [2.05, 4.69) is 26.2 Å². The van der Waals surface area contributed by atoms with Crippen LogP contribution in [0.3, 0.4) is 0 Å². The van der Waals surface area contributed by atoms with Gasteiger partial charge in [0.1, 0.15) is 14.4 Å². The molecule has 1 N–H and O–H groups in total. The first kappa shape index (κ1) is 13.0. The smallest absolute Gasteiger partial charge is 0.150 e. The predicted molar refractivity (Wildman–Crippen MR) is 70.5 cm³/mol. The molecule has 2 heterocycles. The highest BCUT2D eigenvalue weighted by Crippen LogP contribution is 2.13. The highest BCUT2D eigenvalue weighted by atomic mass is 79.9. The number of halogens is 1. The molecular weight excluding hydrogens is 304 g/mol. The minimum atomic E-state index is -2.77. The first-order valence-electron chi connectivity index (χ1n) is 5.60. The molecule has 2 rings (SSSR count). The maximum Gasteiger partial charge on any atom is 0.150 e. The normalized spacial score (nSPS) is 20.3. The molecule has 1 aliphatic rings. The van der Waals surface area contributed by atoms with Crippen molar-refractivity contribution in [2.24, 2.45) is 0 Å². The molecule has 1 aromatic rings. The second-order valence-corrected chi connectivity index (χ2v) is 7.37. The summed E-state index contributed by atoms with van der Waals surface area (Å²) in [5, 5.41) is 3.36. The van der Waals surface area contributed by atoms with Gasteiger partial charge in [0.2, 0.25) is 0 Å². The van der Waals surface area contributed by atoms with Crippen LogP contribution in [-0.4, -0.2) is 30.9 Å². The zero-order valence-electron chi connectivity index (χ0n) is 9.39. The molecule has 0 amide bonds. The highest BCUT2D eigenvalue weighted by molar-refractivity contribution is 9.10. The summed E-state index contributed by atoms with van der Waals surface area (Å²) in [6, 6.07) is 6.08. The van der Waals surface area contributed by atoms with Gasteiger partial charge in [0, 0.05) is 12.6 Å². The Labute approximate surface area is 110 Å². The van der Waals surface area contributed by atoms with E-state index in [0.717, 1.165) is 10.3 Å². The zero-order valence-corrected chi connectivity index (χ0v) is 11.8. The Bertz CT molecular complexity index is 476. The minimum Gasteiger partial charge on any atom is -0.308 e. The number of rotatable bonds is 3. The molecule has 0 aliphatic carbocycles. The van der Waals surface area contributed by atoms with Crippen molar-refractivity contribution < 1.29 is 8.42 Å². The van der Waals surface area contributed by atoms with Gasteiger partial charge in [-0.25, -0.2) is 13.4 Å². The van der Waals surface area contributed by atoms with Crippen molar-refractivity contribution in [3.05, 3.63) is 28.5 Å². The lowest BCUT2D eigenvalue weighted by atomic mass is 10.1. The fourth-order valence-electron chi connectivity index (χ4n) is 1.89. The van der Waals surface area contributed by atoms with Crippen LogP contribution in [0.2, 0.25) is 0 Å². The van der Waals surface area contributed by atoms with Gasteiger partial charge in [0.05, 0.1) is 17.2 Å². The number of nitrogens with zero attached hydrogens (tertiary/aromatic N) is 1. The van der Waals surface area contributed by atoms with E-state index in [1.54, 1.807) is 0 Å².